The Labute approximate surface area is 70.2 Å². The zero-order valence-corrected chi connectivity index (χ0v) is 7.19. The molecule has 0 rings (SSSR count). The summed E-state index contributed by atoms with van der Waals surface area (Å²) < 4.78 is 39.5. The molecule has 1 nitrogen and oxygen atoms in total. The molecule has 0 amide bonds. The lowest BCUT2D eigenvalue weighted by molar-refractivity contribution is -0.0822. The van der Waals surface area contributed by atoms with Gasteiger partial charge in [-0.05, 0) is 12.8 Å². The summed E-state index contributed by atoms with van der Waals surface area (Å²) in [6.45, 7) is 3.74. The number of hydrogen-bond acceptors (Lipinski definition) is 1. The minimum Gasteiger partial charge on any atom is -0.498 e. The summed E-state index contributed by atoms with van der Waals surface area (Å²) in [6.07, 6.45) is -2.12. The van der Waals surface area contributed by atoms with Crippen LogP contribution in [-0.2, 0) is 4.74 Å². The Hall–Kier alpha value is -0.670. The van der Waals surface area contributed by atoms with Crippen LogP contribution in [0.15, 0.2) is 12.3 Å². The van der Waals surface area contributed by atoms with Crippen molar-refractivity contribution in [2.45, 2.75) is 39.0 Å². The van der Waals surface area contributed by atoms with Crippen molar-refractivity contribution in [3.63, 3.8) is 0 Å². The Balaban J connectivity index is 3.73. The predicted molar refractivity (Wildman–Crippen MR) is 40.7 cm³/mol. The van der Waals surface area contributed by atoms with Gasteiger partial charge < -0.3 is 4.74 Å². The fourth-order valence-corrected chi connectivity index (χ4v) is 0.709. The first kappa shape index (κ1) is 11.3. The predicted octanol–water partition coefficient (Wildman–Crippen LogP) is 3.27. The van der Waals surface area contributed by atoms with Gasteiger partial charge >= 0.3 is 6.18 Å². The first-order valence-corrected chi connectivity index (χ1v) is 3.89. The number of rotatable bonds is 4. The topological polar surface area (TPSA) is 9.23 Å². The molecule has 0 saturated heterocycles. The van der Waals surface area contributed by atoms with Crippen LogP contribution in [0.3, 0.4) is 0 Å². The molecule has 0 heterocycles. The highest BCUT2D eigenvalue weighted by Gasteiger charge is 2.22. The van der Waals surface area contributed by atoms with Gasteiger partial charge in [-0.15, -0.1) is 0 Å². The average Bonchev–Trinajstić information content (AvgIpc) is 1.96. The minimum absolute atomic E-state index is 0.103. The van der Waals surface area contributed by atoms with Gasteiger partial charge in [-0.2, -0.15) is 13.2 Å². The average molecular weight is 182 g/mol. The summed E-state index contributed by atoms with van der Waals surface area (Å²) in [7, 11) is 0. The van der Waals surface area contributed by atoms with Crippen LogP contribution < -0.4 is 0 Å². The molecule has 0 N–H and O–H groups in total. The lowest BCUT2D eigenvalue weighted by Gasteiger charge is -2.11. The van der Waals surface area contributed by atoms with E-state index in [1.807, 2.05) is 13.8 Å². The van der Waals surface area contributed by atoms with Gasteiger partial charge in [0.15, 0.2) is 0 Å². The summed E-state index contributed by atoms with van der Waals surface area (Å²) in [5.74, 6) is 0. The van der Waals surface area contributed by atoms with E-state index in [9.17, 15) is 13.2 Å². The fourth-order valence-electron chi connectivity index (χ4n) is 0.709. The highest BCUT2D eigenvalue weighted by Crippen LogP contribution is 2.16. The molecule has 0 saturated carbocycles. The maximum atomic E-state index is 11.5. The van der Waals surface area contributed by atoms with Crippen molar-refractivity contribution in [2.75, 3.05) is 0 Å². The van der Waals surface area contributed by atoms with E-state index in [0.29, 0.717) is 0 Å². The zero-order valence-electron chi connectivity index (χ0n) is 7.19. The minimum atomic E-state index is -4.27. The van der Waals surface area contributed by atoms with Crippen molar-refractivity contribution in [1.82, 2.24) is 0 Å². The van der Waals surface area contributed by atoms with Crippen LogP contribution in [0, 0.1) is 0 Å². The summed E-state index contributed by atoms with van der Waals surface area (Å²) in [4.78, 5) is 0. The van der Waals surface area contributed by atoms with Crippen molar-refractivity contribution in [1.29, 1.82) is 0 Å². The second-order valence-corrected chi connectivity index (χ2v) is 2.42. The summed E-state index contributed by atoms with van der Waals surface area (Å²) >= 11 is 0. The Morgan fingerprint density at radius 2 is 1.75 bits per heavy atom. The molecular weight excluding hydrogens is 169 g/mol. The Morgan fingerprint density at radius 3 is 2.08 bits per heavy atom. The SMILES string of the molecule is CCC(CC)O/C=C/C(F)(F)F. The number of hydrogen-bond donors (Lipinski definition) is 0. The zero-order chi connectivity index (χ0) is 9.61. The molecule has 0 aliphatic rings. The highest BCUT2D eigenvalue weighted by atomic mass is 19.4. The smallest absolute Gasteiger partial charge is 0.412 e. The van der Waals surface area contributed by atoms with E-state index < -0.39 is 6.18 Å². The lowest BCUT2D eigenvalue weighted by Crippen LogP contribution is -2.07. The molecule has 0 aliphatic heterocycles. The van der Waals surface area contributed by atoms with Gasteiger partial charge in [-0.3, -0.25) is 0 Å². The van der Waals surface area contributed by atoms with Gasteiger partial charge in [-0.25, -0.2) is 0 Å². The Kier molecular flexibility index (Phi) is 4.78. The molecular formula is C8H13F3O. The highest BCUT2D eigenvalue weighted by molar-refractivity contribution is 4.83. The van der Waals surface area contributed by atoms with E-state index in [1.54, 1.807) is 0 Å². The van der Waals surface area contributed by atoms with Gasteiger partial charge in [0.25, 0.3) is 0 Å². The molecule has 72 valence electrons. The third-order valence-electron chi connectivity index (χ3n) is 1.44. The molecule has 12 heavy (non-hydrogen) atoms. The quantitative estimate of drug-likeness (QED) is 0.606. The number of halogens is 3. The molecule has 0 aromatic rings. The normalized spacial score (nSPS) is 12.8. The van der Waals surface area contributed by atoms with E-state index in [0.717, 1.165) is 19.1 Å². The molecule has 0 aromatic carbocycles. The van der Waals surface area contributed by atoms with Crippen LogP contribution in [-0.4, -0.2) is 12.3 Å². The van der Waals surface area contributed by atoms with Crippen LogP contribution in [0.1, 0.15) is 26.7 Å². The van der Waals surface area contributed by atoms with Gasteiger partial charge in [0, 0.05) is 0 Å². The fraction of sp³-hybridized carbons (Fsp3) is 0.750. The van der Waals surface area contributed by atoms with Crippen molar-refractivity contribution >= 4 is 0 Å². The third kappa shape index (κ3) is 6.07. The monoisotopic (exact) mass is 182 g/mol. The van der Waals surface area contributed by atoms with E-state index in [1.165, 1.54) is 0 Å². The third-order valence-corrected chi connectivity index (χ3v) is 1.44. The molecule has 4 heteroatoms. The second kappa shape index (κ2) is 5.06. The second-order valence-electron chi connectivity index (χ2n) is 2.42. The Morgan fingerprint density at radius 1 is 1.25 bits per heavy atom. The van der Waals surface area contributed by atoms with E-state index in [4.69, 9.17) is 4.74 Å². The van der Waals surface area contributed by atoms with Gasteiger partial charge in [0.05, 0.1) is 18.4 Å². The summed E-state index contributed by atoms with van der Waals surface area (Å²) in [5, 5.41) is 0. The molecule has 0 aromatic heterocycles. The number of alkyl halides is 3. The molecule has 0 atom stereocenters. The van der Waals surface area contributed by atoms with Crippen LogP contribution in [0.4, 0.5) is 13.2 Å². The van der Waals surface area contributed by atoms with Gasteiger partial charge in [0.1, 0.15) is 0 Å². The molecule has 0 radical (unpaired) electrons. The lowest BCUT2D eigenvalue weighted by atomic mass is 10.2. The largest absolute Gasteiger partial charge is 0.498 e. The Bertz CT molecular complexity index is 136. The van der Waals surface area contributed by atoms with Gasteiger partial charge in [-0.1, -0.05) is 13.8 Å². The first-order chi connectivity index (χ1) is 5.49. The molecule has 0 spiro atoms. The van der Waals surface area contributed by atoms with E-state index in [-0.39, 0.29) is 12.2 Å². The number of allylic oxidation sites excluding steroid dienone is 1. The van der Waals surface area contributed by atoms with Crippen LogP contribution in [0.25, 0.3) is 0 Å². The molecule has 0 fully saturated rings. The van der Waals surface area contributed by atoms with Crippen LogP contribution in [0.2, 0.25) is 0 Å². The van der Waals surface area contributed by atoms with Crippen molar-refractivity contribution in [2.24, 2.45) is 0 Å². The van der Waals surface area contributed by atoms with E-state index in [2.05, 4.69) is 0 Å². The molecule has 0 bridgehead atoms. The number of ether oxygens (including phenoxy) is 1. The maximum absolute atomic E-state index is 11.5. The first-order valence-electron chi connectivity index (χ1n) is 3.89. The van der Waals surface area contributed by atoms with Crippen LogP contribution in [0.5, 0.6) is 0 Å². The van der Waals surface area contributed by atoms with Crippen LogP contribution >= 0.6 is 0 Å². The van der Waals surface area contributed by atoms with E-state index >= 15 is 0 Å². The standard InChI is InChI=1S/C8H13F3O/c1-3-7(4-2)12-6-5-8(9,10)11/h5-7H,3-4H2,1-2H3/b6-5+. The molecule has 0 aliphatic carbocycles. The summed E-state index contributed by atoms with van der Waals surface area (Å²) in [5.41, 5.74) is 0. The maximum Gasteiger partial charge on any atom is 0.412 e. The molecule has 0 unspecified atom stereocenters. The van der Waals surface area contributed by atoms with Gasteiger partial charge in [0.2, 0.25) is 0 Å². The van der Waals surface area contributed by atoms with Crippen molar-refractivity contribution in [3.8, 4) is 0 Å². The van der Waals surface area contributed by atoms with Crippen molar-refractivity contribution < 1.29 is 17.9 Å². The van der Waals surface area contributed by atoms with Crippen molar-refractivity contribution in [3.05, 3.63) is 12.3 Å². The summed E-state index contributed by atoms with van der Waals surface area (Å²) in [6, 6.07) is 0.